The molecule has 11 nitrogen and oxygen atoms in total. The van der Waals surface area contributed by atoms with Crippen LogP contribution in [0.3, 0.4) is 0 Å². The predicted molar refractivity (Wildman–Crippen MR) is 118 cm³/mol. The molecule has 31 heavy (non-hydrogen) atoms. The molecular weight excluding hydrogens is 398 g/mol. The second kappa shape index (κ2) is 8.25. The Bertz CT molecular complexity index is 1110. The topological polar surface area (TPSA) is 127 Å². The number of urea groups is 1. The quantitative estimate of drug-likeness (QED) is 0.646. The number of nitrogens with zero attached hydrogens (tertiary/aromatic N) is 7. The molecule has 0 aromatic carbocycles. The van der Waals surface area contributed by atoms with E-state index in [0.29, 0.717) is 43.3 Å². The largest absolute Gasteiger partial charge is 0.481 e. The number of pyridine rings is 1. The molecule has 0 unspecified atom stereocenters. The molecule has 1 fully saturated rings. The van der Waals surface area contributed by atoms with Gasteiger partial charge in [-0.25, -0.2) is 9.78 Å². The lowest BCUT2D eigenvalue weighted by Crippen LogP contribution is -2.55. The summed E-state index contributed by atoms with van der Waals surface area (Å²) in [6, 6.07) is 3.46. The zero-order chi connectivity index (χ0) is 22.1. The van der Waals surface area contributed by atoms with Crippen molar-refractivity contribution in [1.82, 2.24) is 29.6 Å². The predicted octanol–water partition coefficient (Wildman–Crippen LogP) is 1.65. The standard InChI is InChI=1S/C20H27N9O2/c1-5-14-15(6-7-16(23-14)31-4)24-20(30)28-8-9-29(12(2)11-28)18-13-10-22-27(3)17(13)25-19(21)26-18/h6-7,10,12H,5,8-9,11H2,1-4H3,(H,24,30)(H2,21,25,26)/t12-/m0/s1. The summed E-state index contributed by atoms with van der Waals surface area (Å²) in [7, 11) is 3.40. The van der Waals surface area contributed by atoms with Gasteiger partial charge in [0, 0.05) is 38.8 Å². The molecule has 1 atom stereocenters. The van der Waals surface area contributed by atoms with Crippen molar-refractivity contribution in [2.45, 2.75) is 26.3 Å². The average molecular weight is 425 g/mol. The highest BCUT2D eigenvalue weighted by atomic mass is 16.5. The van der Waals surface area contributed by atoms with E-state index in [2.05, 4.69) is 37.2 Å². The van der Waals surface area contributed by atoms with E-state index >= 15 is 0 Å². The molecular formula is C20H27N9O2. The normalized spacial score (nSPS) is 16.6. The molecule has 4 heterocycles. The van der Waals surface area contributed by atoms with Crippen molar-refractivity contribution in [1.29, 1.82) is 0 Å². The number of fused-ring (bicyclic) bond motifs is 1. The summed E-state index contributed by atoms with van der Waals surface area (Å²) in [5.74, 6) is 1.48. The van der Waals surface area contributed by atoms with E-state index in [9.17, 15) is 4.79 Å². The Morgan fingerprint density at radius 2 is 2.10 bits per heavy atom. The van der Waals surface area contributed by atoms with Gasteiger partial charge in [-0.3, -0.25) is 4.68 Å². The number of carbonyl (C=O) groups excluding carboxylic acids is 1. The van der Waals surface area contributed by atoms with Crippen LogP contribution in [0.25, 0.3) is 11.0 Å². The summed E-state index contributed by atoms with van der Waals surface area (Å²) >= 11 is 0. The Morgan fingerprint density at radius 3 is 2.81 bits per heavy atom. The maximum atomic E-state index is 12.9. The van der Waals surface area contributed by atoms with Crippen LogP contribution in [0.2, 0.25) is 0 Å². The highest BCUT2D eigenvalue weighted by Gasteiger charge is 2.30. The zero-order valence-electron chi connectivity index (χ0n) is 18.2. The van der Waals surface area contributed by atoms with E-state index in [1.54, 1.807) is 29.0 Å². The molecule has 4 rings (SSSR count). The first kappa shape index (κ1) is 20.6. The number of anilines is 3. The minimum absolute atomic E-state index is 0.0387. The van der Waals surface area contributed by atoms with Crippen LogP contribution in [0, 0.1) is 0 Å². The van der Waals surface area contributed by atoms with E-state index < -0.39 is 0 Å². The number of nitrogens with one attached hydrogen (secondary N) is 1. The van der Waals surface area contributed by atoms with Gasteiger partial charge in [-0.1, -0.05) is 6.92 Å². The fourth-order valence-electron chi connectivity index (χ4n) is 3.87. The molecule has 2 amide bonds. The van der Waals surface area contributed by atoms with Crippen LogP contribution < -0.4 is 20.7 Å². The van der Waals surface area contributed by atoms with Crippen molar-refractivity contribution in [2.75, 3.05) is 42.7 Å². The monoisotopic (exact) mass is 425 g/mol. The third-order valence-electron chi connectivity index (χ3n) is 5.51. The number of amides is 2. The Balaban J connectivity index is 1.49. The fraction of sp³-hybridized carbons (Fsp3) is 0.450. The minimum atomic E-state index is -0.151. The van der Waals surface area contributed by atoms with E-state index in [1.807, 2.05) is 20.0 Å². The number of aryl methyl sites for hydroxylation is 2. The molecule has 0 spiro atoms. The number of nitrogen functional groups attached to an aromatic ring is 1. The third kappa shape index (κ3) is 3.90. The number of carbonyl (C=O) groups is 1. The van der Waals surface area contributed by atoms with Crippen molar-refractivity contribution < 1.29 is 9.53 Å². The molecule has 1 aliphatic heterocycles. The maximum Gasteiger partial charge on any atom is 0.322 e. The molecule has 3 aromatic heterocycles. The van der Waals surface area contributed by atoms with Crippen molar-refractivity contribution in [2.24, 2.45) is 7.05 Å². The van der Waals surface area contributed by atoms with Crippen LogP contribution in [0.4, 0.5) is 22.2 Å². The van der Waals surface area contributed by atoms with Gasteiger partial charge in [0.2, 0.25) is 11.8 Å². The SMILES string of the molecule is CCc1nc(OC)ccc1NC(=O)N1CCN(c2nc(N)nc3c2cnn3C)[C@@H](C)C1. The molecule has 11 heteroatoms. The van der Waals surface area contributed by atoms with E-state index in [-0.39, 0.29) is 18.0 Å². The summed E-state index contributed by atoms with van der Waals surface area (Å²) in [5, 5.41) is 8.12. The van der Waals surface area contributed by atoms with Crippen LogP contribution >= 0.6 is 0 Å². The summed E-state index contributed by atoms with van der Waals surface area (Å²) in [5.41, 5.74) is 8.11. The first-order chi connectivity index (χ1) is 14.9. The number of hydrogen-bond donors (Lipinski definition) is 2. The maximum absolute atomic E-state index is 12.9. The van der Waals surface area contributed by atoms with Gasteiger partial charge in [-0.15, -0.1) is 0 Å². The summed E-state index contributed by atoms with van der Waals surface area (Å²) in [6.07, 6.45) is 2.44. The second-order valence-corrected chi connectivity index (χ2v) is 7.53. The lowest BCUT2D eigenvalue weighted by Gasteiger charge is -2.40. The number of methoxy groups -OCH3 is 1. The van der Waals surface area contributed by atoms with E-state index in [4.69, 9.17) is 10.5 Å². The Hall–Kier alpha value is -3.63. The fourth-order valence-corrected chi connectivity index (χ4v) is 3.87. The van der Waals surface area contributed by atoms with Gasteiger partial charge >= 0.3 is 6.03 Å². The van der Waals surface area contributed by atoms with Crippen molar-refractivity contribution in [3.8, 4) is 5.88 Å². The second-order valence-electron chi connectivity index (χ2n) is 7.53. The van der Waals surface area contributed by atoms with E-state index in [0.717, 1.165) is 16.9 Å². The van der Waals surface area contributed by atoms with Crippen LogP contribution in [-0.2, 0) is 13.5 Å². The summed E-state index contributed by atoms with van der Waals surface area (Å²) in [6.45, 7) is 5.77. The number of piperazine rings is 1. The van der Waals surface area contributed by atoms with Crippen molar-refractivity contribution >= 4 is 34.5 Å². The minimum Gasteiger partial charge on any atom is -0.481 e. The molecule has 0 saturated carbocycles. The molecule has 1 saturated heterocycles. The number of aromatic nitrogens is 5. The van der Waals surface area contributed by atoms with Crippen LogP contribution in [0.1, 0.15) is 19.5 Å². The highest BCUT2D eigenvalue weighted by Crippen LogP contribution is 2.28. The van der Waals surface area contributed by atoms with Crippen molar-refractivity contribution in [3.63, 3.8) is 0 Å². The first-order valence-electron chi connectivity index (χ1n) is 10.2. The Morgan fingerprint density at radius 1 is 1.29 bits per heavy atom. The van der Waals surface area contributed by atoms with Gasteiger partial charge in [-0.05, 0) is 19.4 Å². The Kier molecular flexibility index (Phi) is 5.49. The summed E-state index contributed by atoms with van der Waals surface area (Å²) in [4.78, 5) is 30.0. The van der Waals surface area contributed by atoms with Crippen LogP contribution in [0.15, 0.2) is 18.3 Å². The van der Waals surface area contributed by atoms with Crippen molar-refractivity contribution in [3.05, 3.63) is 24.0 Å². The highest BCUT2D eigenvalue weighted by molar-refractivity contribution is 5.91. The number of nitrogens with two attached hydrogens (primary N) is 1. The van der Waals surface area contributed by atoms with Gasteiger partial charge < -0.3 is 25.6 Å². The van der Waals surface area contributed by atoms with Gasteiger partial charge in [0.25, 0.3) is 0 Å². The lowest BCUT2D eigenvalue weighted by molar-refractivity contribution is 0.200. The molecule has 1 aliphatic rings. The van der Waals surface area contributed by atoms with Crippen LogP contribution in [0.5, 0.6) is 5.88 Å². The molecule has 0 bridgehead atoms. The van der Waals surface area contributed by atoms with Gasteiger partial charge in [0.15, 0.2) is 5.65 Å². The van der Waals surface area contributed by atoms with Crippen LogP contribution in [-0.4, -0.2) is 68.4 Å². The number of hydrogen-bond acceptors (Lipinski definition) is 8. The third-order valence-corrected chi connectivity index (χ3v) is 5.51. The number of rotatable bonds is 4. The lowest BCUT2D eigenvalue weighted by atomic mass is 10.2. The molecule has 0 aliphatic carbocycles. The van der Waals surface area contributed by atoms with Gasteiger partial charge in [0.05, 0.1) is 30.1 Å². The molecule has 164 valence electrons. The number of ether oxygens (including phenoxy) is 1. The zero-order valence-corrected chi connectivity index (χ0v) is 18.2. The Labute approximate surface area is 180 Å². The summed E-state index contributed by atoms with van der Waals surface area (Å²) < 4.78 is 6.86. The van der Waals surface area contributed by atoms with E-state index in [1.165, 1.54) is 0 Å². The van der Waals surface area contributed by atoms with Gasteiger partial charge in [-0.2, -0.15) is 15.1 Å². The first-order valence-corrected chi connectivity index (χ1v) is 10.2. The van der Waals surface area contributed by atoms with Gasteiger partial charge in [0.1, 0.15) is 5.82 Å². The average Bonchev–Trinajstić information content (AvgIpc) is 3.14. The smallest absolute Gasteiger partial charge is 0.322 e. The molecule has 0 radical (unpaired) electrons. The molecule has 3 aromatic rings. The molecule has 3 N–H and O–H groups in total.